The minimum absolute atomic E-state index is 0.0311. The number of halogens is 3. The van der Waals surface area contributed by atoms with Gasteiger partial charge in [0, 0.05) is 4.47 Å². The predicted molar refractivity (Wildman–Crippen MR) is 121 cm³/mol. The maximum atomic E-state index is 13.0. The molecule has 152 valence electrons. The van der Waals surface area contributed by atoms with E-state index >= 15 is 0 Å². The zero-order chi connectivity index (χ0) is 22.0. The van der Waals surface area contributed by atoms with Gasteiger partial charge in [0.2, 0.25) is 0 Å². The van der Waals surface area contributed by atoms with Crippen LogP contribution in [0.3, 0.4) is 0 Å². The Hall–Kier alpha value is -2.60. The molecule has 30 heavy (non-hydrogen) atoms. The lowest BCUT2D eigenvalue weighted by molar-refractivity contribution is -0.122. The number of benzene rings is 2. The number of anilines is 1. The summed E-state index contributed by atoms with van der Waals surface area (Å²) < 4.78 is 6.70. The van der Waals surface area contributed by atoms with E-state index in [1.165, 1.54) is 12.1 Å². The SMILES string of the molecule is C#CCOc1c(Cl)cc(/C=C2\C(=O)NC(=O)N(c3ccc(Br)c(C)c3)C2=O)cc1Br. The number of urea groups is 1. The van der Waals surface area contributed by atoms with Crippen LogP contribution in [0.1, 0.15) is 11.1 Å². The van der Waals surface area contributed by atoms with Crippen molar-refractivity contribution >= 4 is 73.1 Å². The Bertz CT molecular complexity index is 1130. The lowest BCUT2D eigenvalue weighted by Gasteiger charge is -2.26. The van der Waals surface area contributed by atoms with E-state index in [0.29, 0.717) is 21.5 Å². The summed E-state index contributed by atoms with van der Waals surface area (Å²) in [7, 11) is 0. The number of ether oxygens (including phenoxy) is 1. The van der Waals surface area contributed by atoms with Crippen molar-refractivity contribution in [3.63, 3.8) is 0 Å². The number of nitrogens with one attached hydrogen (secondary N) is 1. The smallest absolute Gasteiger partial charge is 0.335 e. The molecule has 9 heteroatoms. The van der Waals surface area contributed by atoms with Crippen molar-refractivity contribution < 1.29 is 19.1 Å². The quantitative estimate of drug-likeness (QED) is 0.334. The largest absolute Gasteiger partial charge is 0.478 e. The molecule has 0 unspecified atom stereocenters. The molecule has 1 aliphatic rings. The fraction of sp³-hybridized carbons (Fsp3) is 0.0952. The van der Waals surface area contributed by atoms with E-state index < -0.39 is 17.8 Å². The molecule has 1 N–H and O–H groups in total. The van der Waals surface area contributed by atoms with Gasteiger partial charge in [0.05, 0.1) is 15.2 Å². The van der Waals surface area contributed by atoms with Crippen molar-refractivity contribution in [1.82, 2.24) is 5.32 Å². The molecule has 2 aromatic rings. The van der Waals surface area contributed by atoms with E-state index in [4.69, 9.17) is 22.8 Å². The van der Waals surface area contributed by atoms with E-state index in [-0.39, 0.29) is 17.2 Å². The molecule has 0 bridgehead atoms. The first kappa shape index (κ1) is 22.1. The lowest BCUT2D eigenvalue weighted by atomic mass is 10.1. The molecule has 3 rings (SSSR count). The zero-order valence-electron chi connectivity index (χ0n) is 15.5. The number of carbonyl (C=O) groups excluding carboxylic acids is 3. The molecule has 0 radical (unpaired) electrons. The second-order valence-corrected chi connectivity index (χ2v) is 8.31. The summed E-state index contributed by atoms with van der Waals surface area (Å²) in [5.74, 6) is 1.15. The average molecular weight is 553 g/mol. The van der Waals surface area contributed by atoms with Crippen LogP contribution in [-0.2, 0) is 9.59 Å². The van der Waals surface area contributed by atoms with E-state index in [1.807, 2.05) is 6.92 Å². The second kappa shape index (κ2) is 9.04. The van der Waals surface area contributed by atoms with Crippen LogP contribution in [0.5, 0.6) is 5.75 Å². The topological polar surface area (TPSA) is 75.7 Å². The molecule has 0 aliphatic carbocycles. The highest BCUT2D eigenvalue weighted by molar-refractivity contribution is 9.10. The first-order valence-corrected chi connectivity index (χ1v) is 10.4. The van der Waals surface area contributed by atoms with Crippen LogP contribution in [0.15, 0.2) is 44.9 Å². The van der Waals surface area contributed by atoms with Gasteiger partial charge >= 0.3 is 6.03 Å². The van der Waals surface area contributed by atoms with Crippen molar-refractivity contribution in [3.05, 3.63) is 61.0 Å². The lowest BCUT2D eigenvalue weighted by Crippen LogP contribution is -2.54. The second-order valence-electron chi connectivity index (χ2n) is 6.20. The molecule has 0 aromatic heterocycles. The minimum Gasteiger partial charge on any atom is -0.478 e. The number of amides is 4. The van der Waals surface area contributed by atoms with Crippen molar-refractivity contribution in [2.75, 3.05) is 11.5 Å². The number of aryl methyl sites for hydroxylation is 1. The Morgan fingerprint density at radius 2 is 1.93 bits per heavy atom. The standard InChI is InChI=1S/C21H13Br2ClN2O4/c1-3-6-30-18-16(23)9-12(10-17(18)24)8-14-19(27)25-21(29)26(20(14)28)13-4-5-15(22)11(2)7-13/h1,4-5,7-10H,6H2,2H3,(H,25,27,29)/b14-8+. The monoisotopic (exact) mass is 550 g/mol. The first-order valence-electron chi connectivity index (χ1n) is 8.46. The Balaban J connectivity index is 2.00. The average Bonchev–Trinajstić information content (AvgIpc) is 2.67. The summed E-state index contributed by atoms with van der Waals surface area (Å²) in [6.45, 7) is 1.86. The van der Waals surface area contributed by atoms with Crippen molar-refractivity contribution in [1.29, 1.82) is 0 Å². The molecular weight excluding hydrogens is 540 g/mol. The summed E-state index contributed by atoms with van der Waals surface area (Å²) in [6.07, 6.45) is 6.54. The van der Waals surface area contributed by atoms with Gasteiger partial charge in [0.15, 0.2) is 5.75 Å². The van der Waals surface area contributed by atoms with Crippen LogP contribution < -0.4 is 15.0 Å². The van der Waals surface area contributed by atoms with Crippen LogP contribution in [0.2, 0.25) is 5.02 Å². The highest BCUT2D eigenvalue weighted by Gasteiger charge is 2.37. The Morgan fingerprint density at radius 3 is 2.57 bits per heavy atom. The molecule has 0 saturated carbocycles. The third-order valence-corrected chi connectivity index (χ3v) is 5.89. The summed E-state index contributed by atoms with van der Waals surface area (Å²) >= 11 is 12.9. The number of nitrogens with zero attached hydrogens (tertiary/aromatic N) is 1. The van der Waals surface area contributed by atoms with Crippen molar-refractivity contribution in [2.45, 2.75) is 6.92 Å². The van der Waals surface area contributed by atoms with Crippen molar-refractivity contribution in [3.8, 4) is 18.1 Å². The fourth-order valence-electron chi connectivity index (χ4n) is 2.74. The number of imide groups is 2. The first-order chi connectivity index (χ1) is 14.2. The molecule has 2 aromatic carbocycles. The van der Waals surface area contributed by atoms with Crippen LogP contribution in [0.4, 0.5) is 10.5 Å². The van der Waals surface area contributed by atoms with E-state index in [0.717, 1.165) is 14.9 Å². The maximum Gasteiger partial charge on any atom is 0.335 e. The van der Waals surface area contributed by atoms with E-state index in [9.17, 15) is 14.4 Å². The molecule has 1 fully saturated rings. The number of barbiturate groups is 1. The third kappa shape index (κ3) is 4.43. The van der Waals surface area contributed by atoms with Gasteiger partial charge in [0.25, 0.3) is 11.8 Å². The van der Waals surface area contributed by atoms with E-state index in [1.54, 1.807) is 24.3 Å². The summed E-state index contributed by atoms with van der Waals surface area (Å²) in [5, 5.41) is 2.43. The van der Waals surface area contributed by atoms with Crippen LogP contribution in [-0.4, -0.2) is 24.5 Å². The summed E-state index contributed by atoms with van der Waals surface area (Å²) in [4.78, 5) is 38.6. The number of terminal acetylenes is 1. The third-order valence-electron chi connectivity index (χ3n) is 4.13. The number of rotatable bonds is 4. The molecular formula is C21H13Br2ClN2O4. The minimum atomic E-state index is -0.818. The molecule has 1 saturated heterocycles. The van der Waals surface area contributed by atoms with Gasteiger partial charge in [-0.1, -0.05) is 33.5 Å². The van der Waals surface area contributed by atoms with E-state index in [2.05, 4.69) is 43.1 Å². The highest BCUT2D eigenvalue weighted by atomic mass is 79.9. The van der Waals surface area contributed by atoms with Gasteiger partial charge in [-0.05, 0) is 70.4 Å². The maximum absolute atomic E-state index is 13.0. The zero-order valence-corrected chi connectivity index (χ0v) is 19.4. The van der Waals surface area contributed by atoms with Gasteiger partial charge in [-0.3, -0.25) is 14.9 Å². The fourth-order valence-corrected chi connectivity index (χ4v) is 3.98. The molecule has 0 atom stereocenters. The van der Waals surface area contributed by atoms with Gasteiger partial charge < -0.3 is 4.74 Å². The molecule has 1 aliphatic heterocycles. The molecule has 1 heterocycles. The predicted octanol–water partition coefficient (Wildman–Crippen LogP) is 4.85. The van der Waals surface area contributed by atoms with Crippen LogP contribution in [0, 0.1) is 19.3 Å². The Kier molecular flexibility index (Phi) is 6.66. The molecule has 0 spiro atoms. The normalized spacial score (nSPS) is 15.2. The summed E-state index contributed by atoms with van der Waals surface area (Å²) in [5.41, 5.74) is 1.41. The number of hydrogen-bond donors (Lipinski definition) is 1. The summed E-state index contributed by atoms with van der Waals surface area (Å²) in [6, 6.07) is 7.32. The molecule has 6 nitrogen and oxygen atoms in total. The van der Waals surface area contributed by atoms with Crippen LogP contribution >= 0.6 is 43.5 Å². The Morgan fingerprint density at radius 1 is 1.20 bits per heavy atom. The number of carbonyl (C=O) groups is 3. The van der Waals surface area contributed by atoms with Gasteiger partial charge in [0.1, 0.15) is 12.2 Å². The van der Waals surface area contributed by atoms with Gasteiger partial charge in [-0.15, -0.1) is 6.42 Å². The Labute approximate surface area is 194 Å². The van der Waals surface area contributed by atoms with Crippen LogP contribution in [0.25, 0.3) is 6.08 Å². The van der Waals surface area contributed by atoms with Gasteiger partial charge in [-0.2, -0.15) is 0 Å². The molecule has 4 amide bonds. The van der Waals surface area contributed by atoms with Crippen molar-refractivity contribution in [2.24, 2.45) is 0 Å². The highest BCUT2D eigenvalue weighted by Crippen LogP contribution is 2.35. The van der Waals surface area contributed by atoms with Gasteiger partial charge in [-0.25, -0.2) is 9.69 Å². The number of hydrogen-bond acceptors (Lipinski definition) is 4.